The summed E-state index contributed by atoms with van der Waals surface area (Å²) in [5.41, 5.74) is 6.28. The molecular formula is C11H17N5O. The van der Waals surface area contributed by atoms with Crippen LogP contribution in [0.5, 0.6) is 0 Å². The Morgan fingerprint density at radius 2 is 2.12 bits per heavy atom. The van der Waals surface area contributed by atoms with E-state index in [9.17, 15) is 4.79 Å². The molecule has 17 heavy (non-hydrogen) atoms. The quantitative estimate of drug-likeness (QED) is 0.837. The lowest BCUT2D eigenvalue weighted by molar-refractivity contribution is 0.350. The molecule has 0 saturated heterocycles. The monoisotopic (exact) mass is 235 g/mol. The normalized spacial score (nSPS) is 12.2. The second-order valence-electron chi connectivity index (χ2n) is 4.79. The van der Waals surface area contributed by atoms with Crippen LogP contribution in [0.2, 0.25) is 0 Å². The standard InChI is InChI=1S/C11H17N5O/c1-5-11(2,3)16-6-13-7-8(16)14-10(12)15(4)9(7)17/h6H,5H2,1-4H3,(H2,12,14). The van der Waals surface area contributed by atoms with Gasteiger partial charge in [0.15, 0.2) is 11.2 Å². The number of nitrogens with two attached hydrogens (primary N) is 1. The van der Waals surface area contributed by atoms with E-state index in [0.29, 0.717) is 11.2 Å². The number of fused-ring (bicyclic) bond motifs is 1. The van der Waals surface area contributed by atoms with Crippen molar-refractivity contribution in [1.29, 1.82) is 0 Å². The van der Waals surface area contributed by atoms with Crippen LogP contribution in [0.15, 0.2) is 11.1 Å². The lowest BCUT2D eigenvalue weighted by atomic mass is 10.0. The molecule has 0 saturated carbocycles. The summed E-state index contributed by atoms with van der Waals surface area (Å²) in [6.07, 6.45) is 2.57. The number of hydrogen-bond donors (Lipinski definition) is 1. The van der Waals surface area contributed by atoms with Gasteiger partial charge in [0.1, 0.15) is 0 Å². The molecule has 0 aromatic carbocycles. The Labute approximate surface area is 99.1 Å². The molecule has 6 nitrogen and oxygen atoms in total. The van der Waals surface area contributed by atoms with Crippen molar-refractivity contribution < 1.29 is 0 Å². The molecule has 0 bridgehead atoms. The fourth-order valence-corrected chi connectivity index (χ4v) is 1.66. The highest BCUT2D eigenvalue weighted by atomic mass is 16.1. The zero-order chi connectivity index (χ0) is 12.8. The van der Waals surface area contributed by atoms with Crippen molar-refractivity contribution >= 4 is 17.1 Å². The Morgan fingerprint density at radius 3 is 2.71 bits per heavy atom. The number of hydrogen-bond acceptors (Lipinski definition) is 4. The molecule has 2 N–H and O–H groups in total. The highest BCUT2D eigenvalue weighted by Gasteiger charge is 2.22. The SMILES string of the molecule is CCC(C)(C)n1cnc2c(=O)n(C)c(N)nc21. The minimum absolute atomic E-state index is 0.138. The third kappa shape index (κ3) is 1.60. The fraction of sp³-hybridized carbons (Fsp3) is 0.545. The van der Waals surface area contributed by atoms with Gasteiger partial charge in [-0.25, -0.2) is 4.98 Å². The van der Waals surface area contributed by atoms with Gasteiger partial charge in [0.2, 0.25) is 5.95 Å². The molecule has 0 aliphatic rings. The summed E-state index contributed by atoms with van der Waals surface area (Å²) in [6, 6.07) is 0. The Balaban J connectivity index is 2.83. The molecule has 2 aromatic rings. The average molecular weight is 235 g/mol. The molecule has 0 fully saturated rings. The van der Waals surface area contributed by atoms with Crippen molar-refractivity contribution in [3.63, 3.8) is 0 Å². The minimum atomic E-state index is -0.210. The van der Waals surface area contributed by atoms with E-state index in [-0.39, 0.29) is 17.0 Å². The summed E-state index contributed by atoms with van der Waals surface area (Å²) in [4.78, 5) is 20.3. The van der Waals surface area contributed by atoms with Crippen molar-refractivity contribution in [2.75, 3.05) is 5.73 Å². The number of anilines is 1. The van der Waals surface area contributed by atoms with E-state index in [1.807, 2.05) is 4.57 Å². The van der Waals surface area contributed by atoms with Crippen LogP contribution in [0, 0.1) is 0 Å². The molecule has 0 radical (unpaired) electrons. The van der Waals surface area contributed by atoms with Crippen LogP contribution in [0.3, 0.4) is 0 Å². The number of aromatic nitrogens is 4. The predicted molar refractivity (Wildman–Crippen MR) is 66.8 cm³/mol. The van der Waals surface area contributed by atoms with E-state index in [1.54, 1.807) is 13.4 Å². The third-order valence-electron chi connectivity index (χ3n) is 3.33. The maximum atomic E-state index is 11.9. The average Bonchev–Trinajstić information content (AvgIpc) is 2.70. The van der Waals surface area contributed by atoms with Gasteiger partial charge in [0.05, 0.1) is 6.33 Å². The molecule has 92 valence electrons. The van der Waals surface area contributed by atoms with Gasteiger partial charge in [0, 0.05) is 12.6 Å². The minimum Gasteiger partial charge on any atom is -0.369 e. The first-order valence-corrected chi connectivity index (χ1v) is 5.58. The number of nitrogens with zero attached hydrogens (tertiary/aromatic N) is 4. The Morgan fingerprint density at radius 1 is 1.47 bits per heavy atom. The number of nitrogen functional groups attached to an aromatic ring is 1. The summed E-state index contributed by atoms with van der Waals surface area (Å²) in [5, 5.41) is 0. The molecule has 0 unspecified atom stereocenters. The lowest BCUT2D eigenvalue weighted by Gasteiger charge is -2.25. The first kappa shape index (κ1) is 11.6. The van der Waals surface area contributed by atoms with Crippen LogP contribution in [0.4, 0.5) is 5.95 Å². The molecule has 0 amide bonds. The molecule has 0 spiro atoms. The molecule has 0 aliphatic heterocycles. The topological polar surface area (TPSA) is 78.7 Å². The smallest absolute Gasteiger partial charge is 0.282 e. The largest absolute Gasteiger partial charge is 0.369 e. The molecular weight excluding hydrogens is 218 g/mol. The summed E-state index contributed by atoms with van der Waals surface area (Å²) in [7, 11) is 1.59. The van der Waals surface area contributed by atoms with Crippen molar-refractivity contribution in [1.82, 2.24) is 19.1 Å². The van der Waals surface area contributed by atoms with Gasteiger partial charge in [-0.1, -0.05) is 6.92 Å². The van der Waals surface area contributed by atoms with E-state index >= 15 is 0 Å². The van der Waals surface area contributed by atoms with Crippen molar-refractivity contribution in [3.05, 3.63) is 16.7 Å². The molecule has 0 atom stereocenters. The van der Waals surface area contributed by atoms with E-state index in [1.165, 1.54) is 4.57 Å². The number of imidazole rings is 1. The second-order valence-corrected chi connectivity index (χ2v) is 4.79. The van der Waals surface area contributed by atoms with E-state index in [4.69, 9.17) is 5.73 Å². The third-order valence-corrected chi connectivity index (χ3v) is 3.33. The van der Waals surface area contributed by atoms with E-state index < -0.39 is 0 Å². The molecule has 6 heteroatoms. The van der Waals surface area contributed by atoms with Crippen LogP contribution in [0.25, 0.3) is 11.2 Å². The Hall–Kier alpha value is -1.85. The van der Waals surface area contributed by atoms with Crippen molar-refractivity contribution in [2.24, 2.45) is 7.05 Å². The van der Waals surface area contributed by atoms with Gasteiger partial charge in [-0.3, -0.25) is 9.36 Å². The zero-order valence-corrected chi connectivity index (χ0v) is 10.6. The molecule has 2 heterocycles. The van der Waals surface area contributed by atoms with Gasteiger partial charge < -0.3 is 10.3 Å². The second kappa shape index (κ2) is 3.58. The van der Waals surface area contributed by atoms with Gasteiger partial charge >= 0.3 is 0 Å². The van der Waals surface area contributed by atoms with E-state index in [2.05, 4.69) is 30.7 Å². The summed E-state index contributed by atoms with van der Waals surface area (Å²) >= 11 is 0. The van der Waals surface area contributed by atoms with Crippen molar-refractivity contribution in [3.8, 4) is 0 Å². The number of rotatable bonds is 2. The van der Waals surface area contributed by atoms with Crippen LogP contribution < -0.4 is 11.3 Å². The summed E-state index contributed by atoms with van der Waals surface area (Å²) in [5.74, 6) is 0.205. The van der Waals surface area contributed by atoms with Crippen LogP contribution in [-0.2, 0) is 12.6 Å². The Bertz CT molecular complexity index is 623. The first-order chi connectivity index (χ1) is 7.88. The maximum absolute atomic E-state index is 11.9. The van der Waals surface area contributed by atoms with Gasteiger partial charge in [-0.2, -0.15) is 4.98 Å². The summed E-state index contributed by atoms with van der Waals surface area (Å²) < 4.78 is 3.21. The predicted octanol–water partition coefficient (Wildman–Crippen LogP) is 0.857. The molecule has 2 aromatic heterocycles. The Kier molecular flexibility index (Phi) is 2.45. The highest BCUT2D eigenvalue weighted by molar-refractivity contribution is 5.71. The molecule has 0 aliphatic carbocycles. The molecule has 2 rings (SSSR count). The van der Waals surface area contributed by atoms with Crippen LogP contribution in [-0.4, -0.2) is 19.1 Å². The lowest BCUT2D eigenvalue weighted by Crippen LogP contribution is -2.27. The van der Waals surface area contributed by atoms with Gasteiger partial charge in [0.25, 0.3) is 5.56 Å². The van der Waals surface area contributed by atoms with E-state index in [0.717, 1.165) is 6.42 Å². The first-order valence-electron chi connectivity index (χ1n) is 5.58. The van der Waals surface area contributed by atoms with Gasteiger partial charge in [-0.15, -0.1) is 0 Å². The fourth-order valence-electron chi connectivity index (χ4n) is 1.66. The highest BCUT2D eigenvalue weighted by Crippen LogP contribution is 2.23. The zero-order valence-electron chi connectivity index (χ0n) is 10.6. The van der Waals surface area contributed by atoms with Crippen LogP contribution >= 0.6 is 0 Å². The maximum Gasteiger partial charge on any atom is 0.282 e. The van der Waals surface area contributed by atoms with Crippen LogP contribution in [0.1, 0.15) is 27.2 Å². The van der Waals surface area contributed by atoms with Crippen molar-refractivity contribution in [2.45, 2.75) is 32.7 Å². The van der Waals surface area contributed by atoms with Gasteiger partial charge in [-0.05, 0) is 20.3 Å². The summed E-state index contributed by atoms with van der Waals surface area (Å²) in [6.45, 7) is 6.23.